The third-order valence-electron chi connectivity index (χ3n) is 3.26. The van der Waals surface area contributed by atoms with Crippen molar-refractivity contribution in [1.82, 2.24) is 10.3 Å². The molecule has 0 saturated carbocycles. The van der Waals surface area contributed by atoms with Crippen molar-refractivity contribution in [1.29, 1.82) is 0 Å². The highest BCUT2D eigenvalue weighted by Crippen LogP contribution is 2.22. The summed E-state index contributed by atoms with van der Waals surface area (Å²) in [7, 11) is 0. The van der Waals surface area contributed by atoms with Crippen molar-refractivity contribution < 1.29 is 9.53 Å². The van der Waals surface area contributed by atoms with Crippen LogP contribution in [0.3, 0.4) is 0 Å². The predicted molar refractivity (Wildman–Crippen MR) is 69.9 cm³/mol. The number of nitrogens with zero attached hydrogens (tertiary/aromatic N) is 1. The summed E-state index contributed by atoms with van der Waals surface area (Å²) in [4.78, 5) is 16.3. The molecule has 4 nitrogen and oxygen atoms in total. The molecule has 1 aliphatic rings. The molecule has 5 heteroatoms. The molecule has 18 heavy (non-hydrogen) atoms. The van der Waals surface area contributed by atoms with Gasteiger partial charge in [0.1, 0.15) is 0 Å². The number of hydrogen-bond acceptors (Lipinski definition) is 3. The molecule has 0 unspecified atom stereocenters. The predicted octanol–water partition coefficient (Wildman–Crippen LogP) is 1.91. The highest BCUT2D eigenvalue weighted by atomic mass is 35.5. The number of carbonyl (C=O) groups excluding carboxylic acids is 1. The van der Waals surface area contributed by atoms with Crippen LogP contribution in [0.2, 0.25) is 0 Å². The summed E-state index contributed by atoms with van der Waals surface area (Å²) in [6, 6.07) is 3.60. The fourth-order valence-electron chi connectivity index (χ4n) is 1.97. The number of ether oxygens (including phenoxy) is 1. The topological polar surface area (TPSA) is 51.2 Å². The Balaban J connectivity index is 2.07. The molecule has 1 amide bonds. The molecule has 0 bridgehead atoms. The van der Waals surface area contributed by atoms with Gasteiger partial charge in [-0.15, -0.1) is 11.6 Å². The van der Waals surface area contributed by atoms with Crippen LogP contribution in [-0.4, -0.2) is 35.5 Å². The van der Waals surface area contributed by atoms with Crippen molar-refractivity contribution >= 4 is 17.5 Å². The number of nitrogens with one attached hydrogen (secondary N) is 1. The Morgan fingerprint density at radius 3 is 2.78 bits per heavy atom. The molecule has 1 aromatic heterocycles. The largest absolute Gasteiger partial charge is 0.381 e. The van der Waals surface area contributed by atoms with Crippen LogP contribution in [0, 0.1) is 6.92 Å². The molecular formula is C13H17ClN2O2. The molecule has 0 radical (unpaired) electrons. The van der Waals surface area contributed by atoms with E-state index in [4.69, 9.17) is 16.3 Å². The number of alkyl halides is 1. The standard InChI is InChI=1S/C13H17ClN2O2/c1-10-2-3-11(8-15-10)12(17)16-13(9-14)4-6-18-7-5-13/h2-3,8H,4-7,9H2,1H3,(H,16,17). The summed E-state index contributed by atoms with van der Waals surface area (Å²) in [5.74, 6) is 0.284. The highest BCUT2D eigenvalue weighted by molar-refractivity contribution is 6.19. The molecule has 1 aliphatic heterocycles. The van der Waals surface area contributed by atoms with Crippen LogP contribution < -0.4 is 5.32 Å². The lowest BCUT2D eigenvalue weighted by Gasteiger charge is -2.36. The molecule has 0 aliphatic carbocycles. The van der Waals surface area contributed by atoms with Gasteiger partial charge in [0.05, 0.1) is 11.1 Å². The van der Waals surface area contributed by atoms with Gasteiger partial charge >= 0.3 is 0 Å². The van der Waals surface area contributed by atoms with Crippen molar-refractivity contribution in [2.75, 3.05) is 19.1 Å². The van der Waals surface area contributed by atoms with Gasteiger partial charge in [0.2, 0.25) is 0 Å². The van der Waals surface area contributed by atoms with Crippen LogP contribution in [0.25, 0.3) is 0 Å². The van der Waals surface area contributed by atoms with Gasteiger partial charge in [-0.2, -0.15) is 0 Å². The second-order valence-corrected chi connectivity index (χ2v) is 4.94. The van der Waals surface area contributed by atoms with Gasteiger partial charge in [-0.25, -0.2) is 0 Å². The minimum Gasteiger partial charge on any atom is -0.381 e. The number of hydrogen-bond donors (Lipinski definition) is 1. The number of carbonyl (C=O) groups is 1. The maximum atomic E-state index is 12.1. The van der Waals surface area contributed by atoms with Crippen LogP contribution in [0.15, 0.2) is 18.3 Å². The number of rotatable bonds is 3. The van der Waals surface area contributed by atoms with Crippen molar-refractivity contribution in [2.45, 2.75) is 25.3 Å². The first kappa shape index (κ1) is 13.3. The zero-order chi connectivity index (χ0) is 13.0. The van der Waals surface area contributed by atoms with E-state index in [1.165, 1.54) is 0 Å². The molecular weight excluding hydrogens is 252 g/mol. The summed E-state index contributed by atoms with van der Waals surface area (Å²) < 4.78 is 5.31. The molecule has 2 rings (SSSR count). The Hall–Kier alpha value is -1.13. The zero-order valence-electron chi connectivity index (χ0n) is 10.4. The molecule has 1 saturated heterocycles. The van der Waals surface area contributed by atoms with Crippen LogP contribution in [0.4, 0.5) is 0 Å². The monoisotopic (exact) mass is 268 g/mol. The van der Waals surface area contributed by atoms with E-state index in [-0.39, 0.29) is 11.4 Å². The smallest absolute Gasteiger partial charge is 0.253 e. The van der Waals surface area contributed by atoms with Crippen LogP contribution in [-0.2, 0) is 4.74 Å². The van der Waals surface area contributed by atoms with E-state index in [0.29, 0.717) is 24.7 Å². The van der Waals surface area contributed by atoms with Gasteiger partial charge in [0.15, 0.2) is 0 Å². The van der Waals surface area contributed by atoms with Crippen molar-refractivity contribution in [2.24, 2.45) is 0 Å². The average Bonchev–Trinajstić information content (AvgIpc) is 2.40. The number of amides is 1. The van der Waals surface area contributed by atoms with E-state index in [1.54, 1.807) is 12.3 Å². The van der Waals surface area contributed by atoms with E-state index >= 15 is 0 Å². The van der Waals surface area contributed by atoms with Gasteiger partial charge in [0, 0.05) is 31.0 Å². The quantitative estimate of drug-likeness (QED) is 0.852. The maximum absolute atomic E-state index is 12.1. The highest BCUT2D eigenvalue weighted by Gasteiger charge is 2.33. The lowest BCUT2D eigenvalue weighted by molar-refractivity contribution is 0.0433. The Labute approximate surface area is 112 Å². The lowest BCUT2D eigenvalue weighted by Crippen LogP contribution is -2.53. The van der Waals surface area contributed by atoms with Crippen molar-refractivity contribution in [3.63, 3.8) is 0 Å². The minimum absolute atomic E-state index is 0.120. The SMILES string of the molecule is Cc1ccc(C(=O)NC2(CCl)CCOCC2)cn1. The summed E-state index contributed by atoms with van der Waals surface area (Å²) in [5.41, 5.74) is 1.11. The molecule has 0 spiro atoms. The van der Waals surface area contributed by atoms with Gasteiger partial charge in [0.25, 0.3) is 5.91 Å². The van der Waals surface area contributed by atoms with E-state index in [2.05, 4.69) is 10.3 Å². The second kappa shape index (κ2) is 5.67. The van der Waals surface area contributed by atoms with E-state index in [1.807, 2.05) is 13.0 Å². The number of halogens is 1. The normalized spacial score (nSPS) is 18.3. The Bertz CT molecular complexity index is 414. The lowest BCUT2D eigenvalue weighted by atomic mass is 9.92. The van der Waals surface area contributed by atoms with Crippen molar-refractivity contribution in [3.05, 3.63) is 29.6 Å². The van der Waals surface area contributed by atoms with E-state index in [9.17, 15) is 4.79 Å². The third kappa shape index (κ3) is 3.00. The Morgan fingerprint density at radius 2 is 2.22 bits per heavy atom. The van der Waals surface area contributed by atoms with Crippen LogP contribution in [0.1, 0.15) is 28.9 Å². The molecule has 2 heterocycles. The van der Waals surface area contributed by atoms with E-state index in [0.717, 1.165) is 18.5 Å². The van der Waals surface area contributed by atoms with Crippen LogP contribution >= 0.6 is 11.6 Å². The first-order valence-electron chi connectivity index (χ1n) is 6.04. The minimum atomic E-state index is -0.345. The van der Waals surface area contributed by atoms with Gasteiger partial charge in [-0.1, -0.05) is 0 Å². The molecule has 0 atom stereocenters. The number of pyridine rings is 1. The first-order valence-corrected chi connectivity index (χ1v) is 6.58. The van der Waals surface area contributed by atoms with Gasteiger partial charge in [-0.3, -0.25) is 9.78 Å². The molecule has 1 aromatic rings. The van der Waals surface area contributed by atoms with Gasteiger partial charge in [-0.05, 0) is 31.9 Å². The summed E-state index contributed by atoms with van der Waals surface area (Å²) in [6.07, 6.45) is 3.09. The van der Waals surface area contributed by atoms with Crippen LogP contribution in [0.5, 0.6) is 0 Å². The van der Waals surface area contributed by atoms with Gasteiger partial charge < -0.3 is 10.1 Å². The number of aromatic nitrogens is 1. The summed E-state index contributed by atoms with van der Waals surface area (Å²) in [6.45, 7) is 3.17. The second-order valence-electron chi connectivity index (χ2n) is 4.67. The zero-order valence-corrected chi connectivity index (χ0v) is 11.2. The summed E-state index contributed by atoms with van der Waals surface area (Å²) in [5, 5.41) is 3.03. The molecule has 0 aromatic carbocycles. The molecule has 1 fully saturated rings. The fourth-order valence-corrected chi connectivity index (χ4v) is 2.30. The van der Waals surface area contributed by atoms with E-state index < -0.39 is 0 Å². The fraction of sp³-hybridized carbons (Fsp3) is 0.538. The molecule has 1 N–H and O–H groups in total. The average molecular weight is 269 g/mol. The first-order chi connectivity index (χ1) is 8.65. The number of aryl methyl sites for hydroxylation is 1. The Kier molecular flexibility index (Phi) is 4.19. The Morgan fingerprint density at radius 1 is 1.50 bits per heavy atom. The molecule has 98 valence electrons. The van der Waals surface area contributed by atoms with Crippen molar-refractivity contribution in [3.8, 4) is 0 Å². The maximum Gasteiger partial charge on any atom is 0.253 e. The summed E-state index contributed by atoms with van der Waals surface area (Å²) >= 11 is 6.01. The third-order valence-corrected chi connectivity index (χ3v) is 3.77.